The van der Waals surface area contributed by atoms with Gasteiger partial charge in [0.15, 0.2) is 0 Å². The number of unbranched alkanes of at least 4 members (excludes halogenated alkanes) is 10. The first-order chi connectivity index (χ1) is 10.1. The van der Waals surface area contributed by atoms with Gasteiger partial charge in [-0.1, -0.05) is 12.2 Å². The van der Waals surface area contributed by atoms with Crippen LogP contribution in [0.2, 0.25) is 10.0 Å². The number of hydrogen-bond acceptors (Lipinski definition) is 1. The van der Waals surface area contributed by atoms with Crippen LogP contribution >= 0.6 is 24.8 Å². The van der Waals surface area contributed by atoms with E-state index in [1.54, 1.807) is 22.9 Å². The van der Waals surface area contributed by atoms with Gasteiger partial charge in [0.25, 0.3) is 0 Å². The number of thiocarbonyl (C=S) groups is 1. The van der Waals surface area contributed by atoms with Gasteiger partial charge >= 0.3 is 118 Å². The van der Waals surface area contributed by atoms with Gasteiger partial charge in [-0.2, -0.15) is 0 Å². The molecule has 0 spiro atoms. The van der Waals surface area contributed by atoms with Crippen molar-refractivity contribution >= 4 is 29.2 Å². The Bertz CT molecular complexity index is 183. The van der Waals surface area contributed by atoms with Crippen LogP contribution in [0, 0.1) is 0 Å². The number of rotatable bonds is 14. The van der Waals surface area contributed by atoms with Crippen LogP contribution in [0.15, 0.2) is 0 Å². The SMILES string of the molecule is CCCCCCC[CH2][Zn][CH2]CCCCCCC.NC(=S)S. The molecule has 0 fully saturated rings. The first kappa shape index (κ1) is 24.1. The van der Waals surface area contributed by atoms with E-state index < -0.39 is 0 Å². The average molecular weight is 385 g/mol. The van der Waals surface area contributed by atoms with Gasteiger partial charge in [-0.25, -0.2) is 0 Å². The van der Waals surface area contributed by atoms with Gasteiger partial charge in [-0.15, -0.1) is 12.6 Å². The average Bonchev–Trinajstić information content (AvgIpc) is 2.43. The van der Waals surface area contributed by atoms with Gasteiger partial charge in [0.05, 0.1) is 0 Å². The zero-order valence-corrected chi connectivity index (χ0v) is 19.2. The molecule has 4 heteroatoms. The predicted molar refractivity (Wildman–Crippen MR) is 102 cm³/mol. The smallest absolute Gasteiger partial charge is 0.128 e. The molecule has 2 N–H and O–H groups in total. The minimum absolute atomic E-state index is 0.0720. The molecule has 0 aliphatic heterocycles. The summed E-state index contributed by atoms with van der Waals surface area (Å²) in [6.07, 6.45) is 17.9. The fourth-order valence-electron chi connectivity index (χ4n) is 2.44. The Morgan fingerprint density at radius 2 is 1.05 bits per heavy atom. The molecule has 0 saturated carbocycles. The fourth-order valence-corrected chi connectivity index (χ4v) is 6.15. The summed E-state index contributed by atoms with van der Waals surface area (Å²) >= 11 is 7.58. The van der Waals surface area contributed by atoms with Crippen molar-refractivity contribution in [1.29, 1.82) is 0 Å². The summed E-state index contributed by atoms with van der Waals surface area (Å²) in [7, 11) is 0. The normalized spacial score (nSPS) is 9.67. The van der Waals surface area contributed by atoms with Gasteiger partial charge in [0.2, 0.25) is 0 Å². The molecular weight excluding hydrogens is 348 g/mol. The van der Waals surface area contributed by atoms with E-state index in [0.29, 0.717) is 0 Å². The van der Waals surface area contributed by atoms with E-state index in [1.165, 1.54) is 64.2 Å². The summed E-state index contributed by atoms with van der Waals surface area (Å²) in [5.41, 5.74) is 4.71. The Labute approximate surface area is 152 Å². The Kier molecular flexibility index (Phi) is 26.6. The van der Waals surface area contributed by atoms with Crippen molar-refractivity contribution in [3.05, 3.63) is 0 Å². The van der Waals surface area contributed by atoms with Crippen LogP contribution in [0.25, 0.3) is 0 Å². The first-order valence-electron chi connectivity index (χ1n) is 9.13. The molecule has 0 bridgehead atoms. The summed E-state index contributed by atoms with van der Waals surface area (Å²) in [5, 5.41) is 3.35. The van der Waals surface area contributed by atoms with Gasteiger partial charge in [-0.05, 0) is 0 Å². The minimum Gasteiger partial charge on any atom is -0.385 e. The van der Waals surface area contributed by atoms with Crippen molar-refractivity contribution in [2.75, 3.05) is 0 Å². The predicted octanol–water partition coefficient (Wildman–Crippen LogP) is 6.79. The van der Waals surface area contributed by atoms with E-state index in [1.807, 2.05) is 0 Å². The maximum atomic E-state index is 4.71. The molecule has 0 amide bonds. The van der Waals surface area contributed by atoms with Crippen LogP contribution in [-0.2, 0) is 17.1 Å². The molecule has 0 saturated heterocycles. The van der Waals surface area contributed by atoms with Gasteiger partial charge in [0, 0.05) is 0 Å². The van der Waals surface area contributed by atoms with Crippen molar-refractivity contribution in [2.45, 2.75) is 101 Å². The first-order valence-corrected chi connectivity index (χ1v) is 14.2. The number of hydrogen-bond donors (Lipinski definition) is 2. The zero-order chi connectivity index (χ0) is 16.2. The quantitative estimate of drug-likeness (QED) is 0.149. The summed E-state index contributed by atoms with van der Waals surface area (Å²) in [5.74, 6) is 0. The van der Waals surface area contributed by atoms with Gasteiger partial charge < -0.3 is 5.73 Å². The Hall–Kier alpha value is 0.863. The Morgan fingerprint density at radius 1 is 0.762 bits per heavy atom. The van der Waals surface area contributed by atoms with Crippen LogP contribution in [0.4, 0.5) is 0 Å². The van der Waals surface area contributed by atoms with E-state index in [2.05, 4.69) is 38.7 Å². The van der Waals surface area contributed by atoms with Crippen molar-refractivity contribution in [2.24, 2.45) is 5.73 Å². The van der Waals surface area contributed by atoms with Crippen LogP contribution < -0.4 is 5.73 Å². The summed E-state index contributed by atoms with van der Waals surface area (Å²) in [6.45, 7) is 4.60. The molecule has 0 heterocycles. The third-order valence-electron chi connectivity index (χ3n) is 3.71. The van der Waals surface area contributed by atoms with E-state index in [-0.39, 0.29) is 21.4 Å². The third kappa shape index (κ3) is 33.6. The zero-order valence-electron chi connectivity index (χ0n) is 14.5. The molecule has 0 aromatic rings. The molecule has 0 radical (unpaired) electrons. The van der Waals surface area contributed by atoms with Crippen LogP contribution in [0.3, 0.4) is 0 Å². The molecule has 0 aromatic heterocycles. The van der Waals surface area contributed by atoms with E-state index in [0.717, 1.165) is 0 Å². The molecule has 0 rings (SSSR count). The molecule has 1 nitrogen and oxygen atoms in total. The molecule has 0 atom stereocenters. The van der Waals surface area contributed by atoms with Gasteiger partial charge in [0.1, 0.15) is 4.32 Å². The molecule has 0 aliphatic carbocycles. The maximum Gasteiger partial charge on any atom is 0.128 e. The van der Waals surface area contributed by atoms with Crippen LogP contribution in [0.5, 0.6) is 0 Å². The second-order valence-corrected chi connectivity index (χ2v) is 11.6. The van der Waals surface area contributed by atoms with E-state index in [4.69, 9.17) is 5.73 Å². The molecule has 124 valence electrons. The standard InChI is InChI=1S/2C8H17.CH3NS2.Zn/c2*1-3-5-7-8-6-4-2;2-1(3)4;/h2*1,3-8H2,2H3;(H3,2,3,4);. The molecule has 21 heavy (non-hydrogen) atoms. The Balaban J connectivity index is 0. The monoisotopic (exact) mass is 383 g/mol. The van der Waals surface area contributed by atoms with E-state index in [9.17, 15) is 0 Å². The summed E-state index contributed by atoms with van der Waals surface area (Å²) in [6, 6.07) is 0. The van der Waals surface area contributed by atoms with Crippen molar-refractivity contribution < 1.29 is 17.1 Å². The molecular formula is C17H37NS2Zn. The van der Waals surface area contributed by atoms with Crippen molar-refractivity contribution in [3.8, 4) is 0 Å². The molecule has 0 unspecified atom stereocenters. The second kappa shape index (κ2) is 23.1. The van der Waals surface area contributed by atoms with E-state index >= 15 is 0 Å². The second-order valence-electron chi connectivity index (χ2n) is 5.93. The maximum absolute atomic E-state index is 4.71. The topological polar surface area (TPSA) is 26.0 Å². The minimum atomic E-state index is -0.0720. The fraction of sp³-hybridized carbons (Fsp3) is 0.941. The molecule has 0 aliphatic rings. The van der Waals surface area contributed by atoms with Crippen molar-refractivity contribution in [3.63, 3.8) is 0 Å². The third-order valence-corrected chi connectivity index (χ3v) is 7.90. The van der Waals surface area contributed by atoms with Crippen LogP contribution in [-0.4, -0.2) is 4.32 Å². The summed E-state index contributed by atoms with van der Waals surface area (Å²) < 4.78 is 0.194. The van der Waals surface area contributed by atoms with Crippen LogP contribution in [0.1, 0.15) is 90.9 Å². The summed E-state index contributed by atoms with van der Waals surface area (Å²) in [4.78, 5) is 0. The van der Waals surface area contributed by atoms with Crippen molar-refractivity contribution in [1.82, 2.24) is 0 Å². The number of nitrogens with two attached hydrogens (primary N) is 1. The largest absolute Gasteiger partial charge is 0.385 e. The Morgan fingerprint density at radius 3 is 1.38 bits per heavy atom. The van der Waals surface area contributed by atoms with Gasteiger partial charge in [-0.3, -0.25) is 0 Å². The number of thiol groups is 1. The molecule has 0 aromatic carbocycles.